The zero-order valence-electron chi connectivity index (χ0n) is 11.2. The van der Waals surface area contributed by atoms with Crippen LogP contribution in [0.1, 0.15) is 24.3 Å². The Hall–Kier alpha value is -1.10. The molecule has 1 unspecified atom stereocenters. The third-order valence-corrected chi connectivity index (χ3v) is 4.81. The minimum atomic E-state index is 0.212. The highest BCUT2D eigenvalue weighted by molar-refractivity contribution is 9.10. The van der Waals surface area contributed by atoms with E-state index in [0.29, 0.717) is 0 Å². The number of halogens is 1. The van der Waals surface area contributed by atoms with Gasteiger partial charge in [0.15, 0.2) is 4.67 Å². The highest BCUT2D eigenvalue weighted by Gasteiger charge is 2.17. The van der Waals surface area contributed by atoms with Crippen LogP contribution in [-0.2, 0) is 6.42 Å². The van der Waals surface area contributed by atoms with Crippen LogP contribution in [-0.4, -0.2) is 6.54 Å². The molecule has 2 heterocycles. The zero-order chi connectivity index (χ0) is 13.9. The molecule has 0 aliphatic heterocycles. The third-order valence-electron chi connectivity index (χ3n) is 3.37. The van der Waals surface area contributed by atoms with Crippen LogP contribution in [0.25, 0.3) is 10.1 Å². The van der Waals surface area contributed by atoms with Crippen molar-refractivity contribution in [2.24, 2.45) is 0 Å². The van der Waals surface area contributed by atoms with E-state index in [-0.39, 0.29) is 6.04 Å². The van der Waals surface area contributed by atoms with E-state index in [1.165, 1.54) is 15.6 Å². The first-order chi connectivity index (χ1) is 9.78. The fraction of sp³-hybridized carbons (Fsp3) is 0.250. The van der Waals surface area contributed by atoms with E-state index < -0.39 is 0 Å². The molecule has 0 aliphatic carbocycles. The van der Waals surface area contributed by atoms with Gasteiger partial charge < -0.3 is 9.73 Å². The lowest BCUT2D eigenvalue weighted by Gasteiger charge is -2.15. The largest absolute Gasteiger partial charge is 0.453 e. The van der Waals surface area contributed by atoms with Crippen LogP contribution in [0.15, 0.2) is 50.9 Å². The number of rotatable bonds is 5. The van der Waals surface area contributed by atoms with E-state index in [1.54, 1.807) is 11.3 Å². The molecule has 2 aromatic heterocycles. The molecule has 20 heavy (non-hydrogen) atoms. The molecule has 0 amide bonds. The average Bonchev–Trinajstić information content (AvgIpc) is 3.05. The SMILES string of the molecule is CCNC(Cc1csc2ccccc12)c1ccc(Br)o1. The lowest BCUT2D eigenvalue weighted by molar-refractivity contribution is 0.406. The molecule has 0 saturated carbocycles. The second-order valence-corrected chi connectivity index (χ2v) is 6.41. The summed E-state index contributed by atoms with van der Waals surface area (Å²) in [6.45, 7) is 3.04. The van der Waals surface area contributed by atoms with E-state index in [0.717, 1.165) is 23.4 Å². The van der Waals surface area contributed by atoms with Crippen LogP contribution < -0.4 is 5.32 Å². The Labute approximate surface area is 130 Å². The number of likely N-dealkylation sites (N-methyl/N-ethyl adjacent to an activating group) is 1. The highest BCUT2D eigenvalue weighted by atomic mass is 79.9. The van der Waals surface area contributed by atoms with Gasteiger partial charge in [0.1, 0.15) is 5.76 Å². The first kappa shape index (κ1) is 13.9. The van der Waals surface area contributed by atoms with E-state index in [4.69, 9.17) is 4.42 Å². The summed E-state index contributed by atoms with van der Waals surface area (Å²) < 4.78 is 7.85. The van der Waals surface area contributed by atoms with Gasteiger partial charge in [0, 0.05) is 4.70 Å². The van der Waals surface area contributed by atoms with Crippen molar-refractivity contribution in [1.29, 1.82) is 0 Å². The van der Waals surface area contributed by atoms with Gasteiger partial charge in [0.2, 0.25) is 0 Å². The average molecular weight is 350 g/mol. The maximum atomic E-state index is 5.72. The molecular formula is C16H16BrNOS. The first-order valence-electron chi connectivity index (χ1n) is 6.71. The Kier molecular flexibility index (Phi) is 4.24. The Morgan fingerprint density at radius 3 is 2.85 bits per heavy atom. The Morgan fingerprint density at radius 1 is 1.25 bits per heavy atom. The fourth-order valence-corrected chi connectivity index (χ4v) is 3.74. The van der Waals surface area contributed by atoms with E-state index in [9.17, 15) is 0 Å². The minimum Gasteiger partial charge on any atom is -0.453 e. The van der Waals surface area contributed by atoms with Crippen molar-refractivity contribution >= 4 is 37.4 Å². The van der Waals surface area contributed by atoms with Crippen LogP contribution in [0.5, 0.6) is 0 Å². The molecular weight excluding hydrogens is 334 g/mol. The number of hydrogen-bond acceptors (Lipinski definition) is 3. The number of hydrogen-bond donors (Lipinski definition) is 1. The summed E-state index contributed by atoms with van der Waals surface area (Å²) >= 11 is 5.18. The molecule has 0 saturated heterocycles. The molecule has 1 aromatic carbocycles. The lowest BCUT2D eigenvalue weighted by Crippen LogP contribution is -2.22. The molecule has 2 nitrogen and oxygen atoms in total. The van der Waals surface area contributed by atoms with Gasteiger partial charge in [0.05, 0.1) is 6.04 Å². The molecule has 3 aromatic rings. The van der Waals surface area contributed by atoms with Crippen LogP contribution in [0.2, 0.25) is 0 Å². The van der Waals surface area contributed by atoms with Crippen molar-refractivity contribution in [3.63, 3.8) is 0 Å². The summed E-state index contributed by atoms with van der Waals surface area (Å²) in [5, 5.41) is 7.11. The molecule has 0 aliphatic rings. The van der Waals surface area contributed by atoms with Gasteiger partial charge in [-0.1, -0.05) is 25.1 Å². The molecule has 0 bridgehead atoms. The monoisotopic (exact) mass is 349 g/mol. The maximum Gasteiger partial charge on any atom is 0.169 e. The number of thiophene rings is 1. The smallest absolute Gasteiger partial charge is 0.169 e. The molecule has 4 heteroatoms. The van der Waals surface area contributed by atoms with Gasteiger partial charge in [0.25, 0.3) is 0 Å². The van der Waals surface area contributed by atoms with Crippen molar-refractivity contribution < 1.29 is 4.42 Å². The molecule has 0 radical (unpaired) electrons. The van der Waals surface area contributed by atoms with Crippen molar-refractivity contribution in [3.8, 4) is 0 Å². The van der Waals surface area contributed by atoms with E-state index >= 15 is 0 Å². The number of nitrogens with one attached hydrogen (secondary N) is 1. The Balaban J connectivity index is 1.90. The minimum absolute atomic E-state index is 0.212. The molecule has 1 atom stereocenters. The molecule has 3 rings (SSSR count). The van der Waals surface area contributed by atoms with Crippen molar-refractivity contribution in [3.05, 3.63) is 57.8 Å². The highest BCUT2D eigenvalue weighted by Crippen LogP contribution is 2.30. The van der Waals surface area contributed by atoms with Gasteiger partial charge in [-0.3, -0.25) is 0 Å². The predicted octanol–water partition coefficient (Wildman–Crippen LogP) is 5.15. The summed E-state index contributed by atoms with van der Waals surface area (Å²) in [6.07, 6.45) is 0.942. The van der Waals surface area contributed by atoms with Gasteiger partial charge in [-0.15, -0.1) is 11.3 Å². The van der Waals surface area contributed by atoms with E-state index in [1.807, 2.05) is 12.1 Å². The standard InChI is InChI=1S/C16H16BrNOS/c1-2-18-13(14-7-8-16(17)19-14)9-11-10-20-15-6-4-3-5-12(11)15/h3-8,10,13,18H,2,9H2,1H3. The third kappa shape index (κ3) is 2.82. The van der Waals surface area contributed by atoms with Crippen molar-refractivity contribution in [2.75, 3.05) is 6.54 Å². The number of benzene rings is 1. The van der Waals surface area contributed by atoms with Crippen LogP contribution in [0.3, 0.4) is 0 Å². The van der Waals surface area contributed by atoms with Gasteiger partial charge >= 0.3 is 0 Å². The summed E-state index contributed by atoms with van der Waals surface area (Å²) in [7, 11) is 0. The molecule has 0 fully saturated rings. The Morgan fingerprint density at radius 2 is 2.10 bits per heavy atom. The number of furan rings is 1. The quantitative estimate of drug-likeness (QED) is 0.688. The second kappa shape index (κ2) is 6.12. The lowest BCUT2D eigenvalue weighted by atomic mass is 10.0. The fourth-order valence-electron chi connectivity index (χ4n) is 2.45. The molecule has 104 valence electrons. The molecule has 0 spiro atoms. The summed E-state index contributed by atoms with van der Waals surface area (Å²) in [5.74, 6) is 0.981. The first-order valence-corrected chi connectivity index (χ1v) is 8.39. The predicted molar refractivity (Wildman–Crippen MR) is 88.4 cm³/mol. The second-order valence-electron chi connectivity index (χ2n) is 4.71. The maximum absolute atomic E-state index is 5.72. The van der Waals surface area contributed by atoms with Gasteiger partial charge in [-0.05, 0) is 63.4 Å². The summed E-state index contributed by atoms with van der Waals surface area (Å²) in [6, 6.07) is 12.8. The van der Waals surface area contributed by atoms with Crippen LogP contribution >= 0.6 is 27.3 Å². The van der Waals surface area contributed by atoms with E-state index in [2.05, 4.69) is 57.8 Å². The normalized spacial score (nSPS) is 12.9. The van der Waals surface area contributed by atoms with Gasteiger partial charge in [-0.25, -0.2) is 0 Å². The van der Waals surface area contributed by atoms with Crippen LogP contribution in [0, 0.1) is 0 Å². The van der Waals surface area contributed by atoms with Crippen LogP contribution in [0.4, 0.5) is 0 Å². The number of fused-ring (bicyclic) bond motifs is 1. The topological polar surface area (TPSA) is 25.2 Å². The van der Waals surface area contributed by atoms with Gasteiger partial charge in [-0.2, -0.15) is 0 Å². The summed E-state index contributed by atoms with van der Waals surface area (Å²) in [5.41, 5.74) is 1.38. The summed E-state index contributed by atoms with van der Waals surface area (Å²) in [4.78, 5) is 0. The van der Waals surface area contributed by atoms with Crippen molar-refractivity contribution in [2.45, 2.75) is 19.4 Å². The zero-order valence-corrected chi connectivity index (χ0v) is 13.6. The Bertz CT molecular complexity index is 703. The molecule has 1 N–H and O–H groups in total. The van der Waals surface area contributed by atoms with Crippen molar-refractivity contribution in [1.82, 2.24) is 5.32 Å².